The highest BCUT2D eigenvalue weighted by Gasteiger charge is 2.16. The number of anilines is 1. The molecule has 0 aliphatic heterocycles. The normalized spacial score (nSPS) is 11.1. The predicted octanol–water partition coefficient (Wildman–Crippen LogP) is 4.84. The van der Waals surface area contributed by atoms with Crippen molar-refractivity contribution in [2.24, 2.45) is 0 Å². The zero-order valence-corrected chi connectivity index (χ0v) is 18.0. The first kappa shape index (κ1) is 19.9. The molecule has 0 bridgehead atoms. The van der Waals surface area contributed by atoms with Crippen LogP contribution in [-0.4, -0.2) is 33.9 Å². The summed E-state index contributed by atoms with van der Waals surface area (Å²) in [7, 11) is 1.63. The minimum atomic E-state index is -0.227. The van der Waals surface area contributed by atoms with E-state index in [2.05, 4.69) is 15.4 Å². The van der Waals surface area contributed by atoms with Crippen LogP contribution >= 0.6 is 11.3 Å². The van der Waals surface area contributed by atoms with Crippen LogP contribution in [0.3, 0.4) is 0 Å². The van der Waals surface area contributed by atoms with Crippen LogP contribution in [-0.2, 0) is 0 Å². The van der Waals surface area contributed by atoms with Gasteiger partial charge in [0.2, 0.25) is 5.13 Å². The van der Waals surface area contributed by atoms with Gasteiger partial charge in [-0.15, -0.1) is 0 Å². The molecule has 2 aromatic carbocycles. The number of rotatable bonds is 6. The van der Waals surface area contributed by atoms with Gasteiger partial charge in [0.05, 0.1) is 29.1 Å². The number of aryl methyl sites for hydroxylation is 1. The summed E-state index contributed by atoms with van der Waals surface area (Å²) in [4.78, 5) is 17.4. The highest BCUT2D eigenvalue weighted by atomic mass is 32.1. The van der Waals surface area contributed by atoms with Crippen molar-refractivity contribution in [3.63, 3.8) is 0 Å². The Morgan fingerprint density at radius 2 is 1.83 bits per heavy atom. The molecule has 2 heterocycles. The highest BCUT2D eigenvalue weighted by Crippen LogP contribution is 2.30. The third-order valence-electron chi connectivity index (χ3n) is 4.33. The van der Waals surface area contributed by atoms with Gasteiger partial charge in [0.15, 0.2) is 0 Å². The Bertz CT molecular complexity index is 1200. The number of hydrogen-bond donors (Lipinski definition) is 1. The molecule has 0 aliphatic rings. The minimum Gasteiger partial charge on any atom is -0.497 e. The molecule has 0 unspecified atom stereocenters. The van der Waals surface area contributed by atoms with Crippen molar-refractivity contribution in [3.05, 3.63) is 59.8 Å². The summed E-state index contributed by atoms with van der Waals surface area (Å²) in [6.07, 6.45) is 0.0794. The molecule has 1 amide bonds. The van der Waals surface area contributed by atoms with E-state index in [0.29, 0.717) is 16.5 Å². The van der Waals surface area contributed by atoms with Crippen molar-refractivity contribution in [2.75, 3.05) is 12.4 Å². The van der Waals surface area contributed by atoms with Crippen LogP contribution in [0.4, 0.5) is 5.82 Å². The van der Waals surface area contributed by atoms with E-state index in [1.807, 2.05) is 45.0 Å². The van der Waals surface area contributed by atoms with Gasteiger partial charge in [0, 0.05) is 17.7 Å². The molecule has 2 aromatic heterocycles. The van der Waals surface area contributed by atoms with Crippen LogP contribution in [0.1, 0.15) is 29.9 Å². The van der Waals surface area contributed by atoms with Gasteiger partial charge in [-0.05, 0) is 57.2 Å². The monoisotopic (exact) mass is 422 g/mol. The first-order chi connectivity index (χ1) is 14.4. The largest absolute Gasteiger partial charge is 0.497 e. The zero-order chi connectivity index (χ0) is 21.3. The lowest BCUT2D eigenvalue weighted by Crippen LogP contribution is -2.15. The number of nitrogens with zero attached hydrogens (tertiary/aromatic N) is 3. The van der Waals surface area contributed by atoms with Crippen molar-refractivity contribution in [1.29, 1.82) is 0 Å². The molecule has 0 saturated heterocycles. The molecular weight excluding hydrogens is 400 g/mol. The van der Waals surface area contributed by atoms with Crippen LogP contribution < -0.4 is 14.8 Å². The molecule has 4 rings (SSSR count). The smallest absolute Gasteiger partial charge is 0.256 e. The maximum absolute atomic E-state index is 12.8. The fourth-order valence-electron chi connectivity index (χ4n) is 2.99. The lowest BCUT2D eigenvalue weighted by atomic mass is 10.2. The molecule has 0 saturated carbocycles. The van der Waals surface area contributed by atoms with Gasteiger partial charge < -0.3 is 14.8 Å². The van der Waals surface area contributed by atoms with E-state index in [0.717, 1.165) is 27.4 Å². The number of methoxy groups -OCH3 is 1. The molecule has 8 heteroatoms. The Kier molecular flexibility index (Phi) is 5.41. The van der Waals surface area contributed by atoms with Crippen molar-refractivity contribution < 1.29 is 14.3 Å². The number of nitrogens with one attached hydrogen (secondary N) is 1. The maximum Gasteiger partial charge on any atom is 0.256 e. The summed E-state index contributed by atoms with van der Waals surface area (Å²) in [5, 5.41) is 8.12. The number of carbonyl (C=O) groups is 1. The van der Waals surface area contributed by atoms with E-state index >= 15 is 0 Å². The summed E-state index contributed by atoms with van der Waals surface area (Å²) in [6, 6.07) is 14.6. The number of hydrogen-bond acceptors (Lipinski definition) is 6. The second kappa shape index (κ2) is 8.16. The third-order valence-corrected chi connectivity index (χ3v) is 5.34. The molecule has 30 heavy (non-hydrogen) atoms. The topological polar surface area (TPSA) is 78.3 Å². The van der Waals surface area contributed by atoms with Gasteiger partial charge >= 0.3 is 0 Å². The third kappa shape index (κ3) is 4.13. The maximum atomic E-state index is 12.8. The number of amides is 1. The summed E-state index contributed by atoms with van der Waals surface area (Å²) >= 11 is 1.49. The Hall–Kier alpha value is -3.39. The summed E-state index contributed by atoms with van der Waals surface area (Å²) in [6.45, 7) is 5.80. The van der Waals surface area contributed by atoms with Crippen LogP contribution in [0, 0.1) is 6.92 Å². The molecule has 7 nitrogen and oxygen atoms in total. The molecule has 0 aliphatic carbocycles. The molecule has 1 N–H and O–H groups in total. The number of ether oxygens (including phenoxy) is 2. The fourth-order valence-corrected chi connectivity index (χ4v) is 3.90. The van der Waals surface area contributed by atoms with Crippen LogP contribution in [0.15, 0.2) is 48.5 Å². The first-order valence-electron chi connectivity index (χ1n) is 9.52. The van der Waals surface area contributed by atoms with E-state index in [-0.39, 0.29) is 12.0 Å². The number of carbonyl (C=O) groups excluding carboxylic acids is 1. The van der Waals surface area contributed by atoms with Crippen LogP contribution in [0.5, 0.6) is 11.5 Å². The van der Waals surface area contributed by atoms with Crippen molar-refractivity contribution >= 4 is 33.3 Å². The number of fused-ring (bicyclic) bond motifs is 1. The fraction of sp³-hybridized carbons (Fsp3) is 0.227. The quantitative estimate of drug-likeness (QED) is 0.481. The Morgan fingerprint density at radius 1 is 1.10 bits per heavy atom. The van der Waals surface area contributed by atoms with Crippen LogP contribution in [0.25, 0.3) is 15.3 Å². The first-order valence-corrected chi connectivity index (χ1v) is 10.3. The standard InChI is InChI=1S/C22H22N4O3S/c1-13(2)29-16-7-5-15(6-8-16)21(27)24-20-11-14(3)25-26(20)22-23-18-12-17(28-4)9-10-19(18)30-22/h5-13H,1-4H3,(H,24,27). The molecule has 4 aromatic rings. The number of thiazole rings is 1. The molecule has 0 atom stereocenters. The average Bonchev–Trinajstić information content (AvgIpc) is 3.30. The van der Waals surface area contributed by atoms with Gasteiger partial charge in [-0.25, -0.2) is 4.98 Å². The van der Waals surface area contributed by atoms with Crippen molar-refractivity contribution in [3.8, 4) is 16.6 Å². The average molecular weight is 423 g/mol. The minimum absolute atomic E-state index is 0.0794. The number of benzene rings is 2. The van der Waals surface area contributed by atoms with E-state index in [1.165, 1.54) is 11.3 Å². The molecule has 0 fully saturated rings. The van der Waals surface area contributed by atoms with Gasteiger partial charge in [-0.3, -0.25) is 4.79 Å². The summed E-state index contributed by atoms with van der Waals surface area (Å²) in [5.74, 6) is 1.81. The summed E-state index contributed by atoms with van der Waals surface area (Å²) in [5.41, 5.74) is 2.13. The van der Waals surface area contributed by atoms with E-state index in [4.69, 9.17) is 9.47 Å². The highest BCUT2D eigenvalue weighted by molar-refractivity contribution is 7.20. The molecule has 0 radical (unpaired) electrons. The van der Waals surface area contributed by atoms with E-state index < -0.39 is 0 Å². The zero-order valence-electron chi connectivity index (χ0n) is 17.2. The summed E-state index contributed by atoms with van der Waals surface area (Å²) < 4.78 is 13.6. The number of aromatic nitrogens is 3. The van der Waals surface area contributed by atoms with E-state index in [1.54, 1.807) is 36.1 Å². The van der Waals surface area contributed by atoms with Crippen molar-refractivity contribution in [1.82, 2.24) is 14.8 Å². The predicted molar refractivity (Wildman–Crippen MR) is 118 cm³/mol. The van der Waals surface area contributed by atoms with Gasteiger partial charge in [-0.1, -0.05) is 11.3 Å². The Morgan fingerprint density at radius 3 is 2.53 bits per heavy atom. The molecule has 0 spiro atoms. The van der Waals surface area contributed by atoms with Gasteiger partial charge in [-0.2, -0.15) is 9.78 Å². The second-order valence-electron chi connectivity index (χ2n) is 7.06. The lowest BCUT2D eigenvalue weighted by molar-refractivity contribution is 0.102. The molecular formula is C22H22N4O3S. The molecule has 154 valence electrons. The van der Waals surface area contributed by atoms with Crippen molar-refractivity contribution in [2.45, 2.75) is 26.9 Å². The van der Waals surface area contributed by atoms with Gasteiger partial charge in [0.1, 0.15) is 17.3 Å². The Balaban J connectivity index is 1.60. The SMILES string of the molecule is COc1ccc2sc(-n3nc(C)cc3NC(=O)c3ccc(OC(C)C)cc3)nc2c1. The Labute approximate surface area is 178 Å². The van der Waals surface area contributed by atoms with E-state index in [9.17, 15) is 4.79 Å². The second-order valence-corrected chi connectivity index (χ2v) is 8.07. The van der Waals surface area contributed by atoms with Gasteiger partial charge in [0.25, 0.3) is 5.91 Å². The van der Waals surface area contributed by atoms with Crippen LogP contribution in [0.2, 0.25) is 0 Å². The lowest BCUT2D eigenvalue weighted by Gasteiger charge is -2.10.